The molecule has 2 aromatic heterocycles. The second kappa shape index (κ2) is 8.81. The summed E-state index contributed by atoms with van der Waals surface area (Å²) in [5, 5.41) is 5.56. The van der Waals surface area contributed by atoms with Crippen molar-refractivity contribution in [3.63, 3.8) is 0 Å². The van der Waals surface area contributed by atoms with Gasteiger partial charge in [-0.25, -0.2) is 4.21 Å². The minimum atomic E-state index is -1.51. The average Bonchev–Trinajstić information content (AvgIpc) is 3.23. The third-order valence-electron chi connectivity index (χ3n) is 4.19. The first-order valence-electron chi connectivity index (χ1n) is 8.50. The number of nitrogens with one attached hydrogen (secondary N) is 2. The Balaban J connectivity index is 2.07. The summed E-state index contributed by atoms with van der Waals surface area (Å²) in [5.74, 6) is 0.692. The van der Waals surface area contributed by atoms with Crippen LogP contribution in [0.15, 0.2) is 50.8 Å². The van der Waals surface area contributed by atoms with Crippen LogP contribution in [0.4, 0.5) is 17.2 Å². The molecule has 9 heteroatoms. The molecule has 0 amide bonds. The number of thiophene rings is 1. The van der Waals surface area contributed by atoms with Crippen molar-refractivity contribution in [2.45, 2.75) is 17.6 Å². The molecule has 1 atom stereocenters. The molecule has 0 spiro atoms. The van der Waals surface area contributed by atoms with Crippen LogP contribution in [0.5, 0.6) is 5.75 Å². The van der Waals surface area contributed by atoms with Crippen molar-refractivity contribution in [1.82, 2.24) is 4.57 Å². The molecule has 0 saturated carbocycles. The van der Waals surface area contributed by atoms with Crippen LogP contribution in [-0.2, 0) is 24.5 Å². The highest BCUT2D eigenvalue weighted by molar-refractivity contribution is 7.88. The van der Waals surface area contributed by atoms with Crippen molar-refractivity contribution in [3.8, 4) is 5.75 Å². The van der Waals surface area contributed by atoms with Crippen LogP contribution in [0.2, 0.25) is 5.02 Å². The minimum absolute atomic E-state index is 0.270. The van der Waals surface area contributed by atoms with Gasteiger partial charge in [0.1, 0.15) is 15.7 Å². The van der Waals surface area contributed by atoms with Gasteiger partial charge in [0.2, 0.25) is 0 Å². The quantitative estimate of drug-likeness (QED) is 0.568. The van der Waals surface area contributed by atoms with Crippen LogP contribution >= 0.6 is 22.9 Å². The summed E-state index contributed by atoms with van der Waals surface area (Å²) >= 11 is 7.78. The highest BCUT2D eigenvalue weighted by Gasteiger charge is 2.19. The van der Waals surface area contributed by atoms with Gasteiger partial charge in [-0.3, -0.25) is 14.1 Å². The predicted octanol–water partition coefficient (Wildman–Crippen LogP) is 4.55. The number of ether oxygens (including phenoxy) is 1. The number of hydrogen-bond acceptors (Lipinski definition) is 5. The maximum absolute atomic E-state index is 12.7. The number of nitrogens with zero attached hydrogens (tertiary/aromatic N) is 1. The molecule has 2 N–H and O–H groups in total. The summed E-state index contributed by atoms with van der Waals surface area (Å²) in [5.41, 5.74) is 1.87. The van der Waals surface area contributed by atoms with Gasteiger partial charge in [-0.1, -0.05) is 30.7 Å². The zero-order chi connectivity index (χ0) is 20.3. The van der Waals surface area contributed by atoms with Crippen LogP contribution in [0.25, 0.3) is 0 Å². The van der Waals surface area contributed by atoms with Gasteiger partial charge in [-0.15, -0.1) is 11.3 Å². The average molecular weight is 438 g/mol. The van der Waals surface area contributed by atoms with Crippen molar-refractivity contribution in [2.24, 2.45) is 7.05 Å². The number of aromatic nitrogens is 1. The van der Waals surface area contributed by atoms with E-state index >= 15 is 0 Å². The van der Waals surface area contributed by atoms with Crippen molar-refractivity contribution in [2.75, 3.05) is 17.1 Å². The molecule has 28 heavy (non-hydrogen) atoms. The number of rotatable bonds is 7. The molecule has 6 nitrogen and oxygen atoms in total. The van der Waals surface area contributed by atoms with Gasteiger partial charge in [-0.05, 0) is 35.6 Å². The van der Waals surface area contributed by atoms with Gasteiger partial charge in [0, 0.05) is 13.1 Å². The first-order valence-corrected chi connectivity index (χ1v) is 10.9. The minimum Gasteiger partial charge on any atom is -0.494 e. The summed E-state index contributed by atoms with van der Waals surface area (Å²) in [7, 11) is 1.57. The van der Waals surface area contributed by atoms with E-state index in [1.54, 1.807) is 13.1 Å². The van der Waals surface area contributed by atoms with Gasteiger partial charge in [0.05, 0.1) is 17.8 Å². The first-order chi connectivity index (χ1) is 13.4. The van der Waals surface area contributed by atoms with E-state index in [-0.39, 0.29) is 11.3 Å². The van der Waals surface area contributed by atoms with Gasteiger partial charge in [0.25, 0.3) is 5.56 Å². The lowest BCUT2D eigenvalue weighted by Crippen LogP contribution is -2.21. The monoisotopic (exact) mass is 437 g/mol. The number of aryl methyl sites for hydroxylation is 1. The summed E-state index contributed by atoms with van der Waals surface area (Å²) in [6, 6.07) is 10.6. The molecule has 2 heterocycles. The molecule has 0 bridgehead atoms. The van der Waals surface area contributed by atoms with Crippen LogP contribution < -0.4 is 20.3 Å². The molecule has 1 aromatic carbocycles. The van der Waals surface area contributed by atoms with Gasteiger partial charge < -0.3 is 10.1 Å². The number of anilines is 3. The van der Waals surface area contributed by atoms with Crippen molar-refractivity contribution >= 4 is 51.1 Å². The topological polar surface area (TPSA) is 72.4 Å². The molecular weight excluding hydrogens is 418 g/mol. The van der Waals surface area contributed by atoms with Crippen LogP contribution in [-0.4, -0.2) is 15.9 Å². The normalized spacial score (nSPS) is 11.9. The van der Waals surface area contributed by atoms with Crippen LogP contribution in [0.1, 0.15) is 12.5 Å². The number of halogens is 1. The standard InChI is InChI=1S/C19H20ClN3O3S2/c1-4-12-7-8-14(13(20)10-12)21-19-18(15(26-3)11-16(24)23(19)2)22-28(25)17-6-5-9-27-17/h5-11,21-22H,4H2,1-3H3. The molecule has 3 rings (SSSR count). The van der Waals surface area contributed by atoms with E-state index in [2.05, 4.69) is 10.0 Å². The zero-order valence-electron chi connectivity index (χ0n) is 15.6. The van der Waals surface area contributed by atoms with E-state index in [4.69, 9.17) is 16.3 Å². The number of methoxy groups -OCH3 is 1. The Morgan fingerprint density at radius 3 is 2.68 bits per heavy atom. The fraction of sp³-hybridized carbons (Fsp3) is 0.211. The van der Waals surface area contributed by atoms with Gasteiger partial charge >= 0.3 is 0 Å². The maximum atomic E-state index is 12.7. The number of pyridine rings is 1. The molecule has 0 radical (unpaired) electrons. The molecular formula is C19H20ClN3O3S2. The Kier molecular flexibility index (Phi) is 6.43. The fourth-order valence-corrected chi connectivity index (χ4v) is 4.63. The lowest BCUT2D eigenvalue weighted by molar-refractivity contribution is 0.415. The molecule has 0 aliphatic carbocycles. The predicted molar refractivity (Wildman–Crippen MR) is 117 cm³/mol. The Bertz CT molecular complexity index is 1070. The SMILES string of the molecule is CCc1ccc(Nc2c(NS(=O)c3cccs3)c(OC)cc(=O)n2C)c(Cl)c1. The molecule has 148 valence electrons. The van der Waals surface area contributed by atoms with Crippen molar-refractivity contribution in [1.29, 1.82) is 0 Å². The van der Waals surface area contributed by atoms with Gasteiger partial charge in [0.15, 0.2) is 16.7 Å². The molecule has 0 saturated heterocycles. The lowest BCUT2D eigenvalue weighted by Gasteiger charge is -2.19. The van der Waals surface area contributed by atoms with E-state index < -0.39 is 11.0 Å². The first kappa shape index (κ1) is 20.4. The van der Waals surface area contributed by atoms with Crippen molar-refractivity contribution in [3.05, 3.63) is 62.7 Å². The molecule has 3 aromatic rings. The third kappa shape index (κ3) is 4.24. The molecule has 0 aliphatic rings. The van der Waals surface area contributed by atoms with Crippen LogP contribution in [0, 0.1) is 0 Å². The fourth-order valence-electron chi connectivity index (χ4n) is 2.60. The van der Waals surface area contributed by atoms with E-state index in [1.165, 1.54) is 29.1 Å². The van der Waals surface area contributed by atoms with E-state index in [9.17, 15) is 9.00 Å². The van der Waals surface area contributed by atoms with E-state index in [0.29, 0.717) is 26.4 Å². The maximum Gasteiger partial charge on any atom is 0.255 e. The summed E-state index contributed by atoms with van der Waals surface area (Å²) in [6.45, 7) is 2.05. The highest BCUT2D eigenvalue weighted by atomic mass is 35.5. The Morgan fingerprint density at radius 1 is 1.29 bits per heavy atom. The van der Waals surface area contributed by atoms with E-state index in [1.807, 2.05) is 36.6 Å². The van der Waals surface area contributed by atoms with E-state index in [0.717, 1.165) is 12.0 Å². The molecule has 0 aliphatic heterocycles. The summed E-state index contributed by atoms with van der Waals surface area (Å²) in [6.07, 6.45) is 0.865. The second-order valence-electron chi connectivity index (χ2n) is 5.93. The van der Waals surface area contributed by atoms with Crippen molar-refractivity contribution < 1.29 is 8.95 Å². The van der Waals surface area contributed by atoms with Crippen LogP contribution in [0.3, 0.4) is 0 Å². The Morgan fingerprint density at radius 2 is 2.07 bits per heavy atom. The summed E-state index contributed by atoms with van der Waals surface area (Å²) in [4.78, 5) is 12.4. The smallest absolute Gasteiger partial charge is 0.255 e. The largest absolute Gasteiger partial charge is 0.494 e. The Labute approximate surface area is 174 Å². The second-order valence-corrected chi connectivity index (χ2v) is 8.72. The zero-order valence-corrected chi connectivity index (χ0v) is 18.0. The third-order valence-corrected chi connectivity index (χ3v) is 6.80. The van der Waals surface area contributed by atoms with Gasteiger partial charge in [-0.2, -0.15) is 0 Å². The Hall–Kier alpha value is -2.29. The lowest BCUT2D eigenvalue weighted by atomic mass is 10.1. The number of hydrogen-bond donors (Lipinski definition) is 2. The molecule has 0 fully saturated rings. The highest BCUT2D eigenvalue weighted by Crippen LogP contribution is 2.36. The molecule has 1 unspecified atom stereocenters. The number of benzene rings is 1. The summed E-state index contributed by atoms with van der Waals surface area (Å²) < 4.78 is 23.1.